The third-order valence-electron chi connectivity index (χ3n) is 2.69. The molecule has 86 valence electrons. The van der Waals surface area contributed by atoms with Gasteiger partial charge in [-0.25, -0.2) is 0 Å². The Kier molecular flexibility index (Phi) is 2.01. The molecule has 0 saturated heterocycles. The zero-order chi connectivity index (χ0) is 11.2. The number of nitrogens with one attached hydrogen (secondary N) is 1. The second kappa shape index (κ2) is 3.28. The predicted molar refractivity (Wildman–Crippen MR) is 59.0 cm³/mol. The lowest BCUT2D eigenvalue weighted by molar-refractivity contribution is -0.0431. The van der Waals surface area contributed by atoms with Gasteiger partial charge in [0.1, 0.15) is 12.4 Å². The van der Waals surface area contributed by atoms with Crippen molar-refractivity contribution in [3.63, 3.8) is 0 Å². The van der Waals surface area contributed by atoms with Crippen molar-refractivity contribution in [2.45, 2.75) is 26.2 Å². The van der Waals surface area contributed by atoms with Crippen LogP contribution in [0, 0.1) is 0 Å². The summed E-state index contributed by atoms with van der Waals surface area (Å²) in [5, 5.41) is 3.29. The summed E-state index contributed by atoms with van der Waals surface area (Å²) >= 11 is 0. The highest BCUT2D eigenvalue weighted by molar-refractivity contribution is 5.52. The third-order valence-corrected chi connectivity index (χ3v) is 2.69. The van der Waals surface area contributed by atoms with Gasteiger partial charge in [-0.2, -0.15) is 0 Å². The summed E-state index contributed by atoms with van der Waals surface area (Å²) in [6.45, 7) is 6.17. The lowest BCUT2D eigenvalue weighted by atomic mass is 10.2. The van der Waals surface area contributed by atoms with Crippen LogP contribution in [0.1, 0.15) is 19.4 Å². The van der Waals surface area contributed by atoms with Crippen LogP contribution in [0.25, 0.3) is 0 Å². The zero-order valence-electron chi connectivity index (χ0n) is 9.50. The maximum absolute atomic E-state index is 5.70. The van der Waals surface area contributed by atoms with Crippen LogP contribution >= 0.6 is 0 Å². The van der Waals surface area contributed by atoms with E-state index in [0.717, 1.165) is 35.9 Å². The minimum atomic E-state index is -0.574. The maximum atomic E-state index is 5.70. The summed E-state index contributed by atoms with van der Waals surface area (Å²) in [6, 6.07) is 3.92. The molecule has 0 bridgehead atoms. The Morgan fingerprint density at radius 3 is 2.69 bits per heavy atom. The first-order chi connectivity index (χ1) is 7.64. The largest absolute Gasteiger partial charge is 0.492 e. The summed E-state index contributed by atoms with van der Waals surface area (Å²) in [4.78, 5) is 0. The first kappa shape index (κ1) is 9.78. The van der Waals surface area contributed by atoms with Crippen LogP contribution in [0.15, 0.2) is 12.1 Å². The van der Waals surface area contributed by atoms with Crippen molar-refractivity contribution in [2.75, 3.05) is 13.2 Å². The van der Waals surface area contributed by atoms with E-state index < -0.39 is 5.79 Å². The third kappa shape index (κ3) is 1.59. The number of hydrogen-bond donors (Lipinski definition) is 1. The minimum Gasteiger partial charge on any atom is -0.492 e. The first-order valence-corrected chi connectivity index (χ1v) is 5.52. The highest BCUT2D eigenvalue weighted by Crippen LogP contribution is 2.43. The maximum Gasteiger partial charge on any atom is 0.246 e. The second-order valence-electron chi connectivity index (χ2n) is 4.54. The van der Waals surface area contributed by atoms with Gasteiger partial charge in [0, 0.05) is 38.6 Å². The number of rotatable bonds is 0. The molecule has 2 aliphatic rings. The minimum absolute atomic E-state index is 0.574. The number of hydrogen-bond acceptors (Lipinski definition) is 4. The van der Waals surface area contributed by atoms with Crippen molar-refractivity contribution < 1.29 is 14.2 Å². The van der Waals surface area contributed by atoms with Gasteiger partial charge in [-0.1, -0.05) is 0 Å². The summed E-state index contributed by atoms with van der Waals surface area (Å²) < 4.78 is 17.0. The fourth-order valence-electron chi connectivity index (χ4n) is 2.02. The molecule has 1 aromatic carbocycles. The van der Waals surface area contributed by atoms with Crippen molar-refractivity contribution in [3.05, 3.63) is 17.7 Å². The van der Waals surface area contributed by atoms with E-state index in [2.05, 4.69) is 5.32 Å². The molecule has 0 atom stereocenters. The van der Waals surface area contributed by atoms with E-state index in [0.29, 0.717) is 6.61 Å². The van der Waals surface area contributed by atoms with Crippen LogP contribution in [0.4, 0.5) is 0 Å². The molecule has 0 radical (unpaired) electrons. The van der Waals surface area contributed by atoms with Crippen LogP contribution in [-0.4, -0.2) is 18.9 Å². The SMILES string of the molecule is CC1(C)Oc2cc3c(cc2O1)OCCNC3. The standard InChI is InChI=1S/C12H15NO3/c1-12(2)15-10-5-8-7-13-3-4-14-9(8)6-11(10)16-12/h5-6,13H,3-4,7H2,1-2H3. The molecule has 0 unspecified atom stereocenters. The molecule has 0 aliphatic carbocycles. The summed E-state index contributed by atoms with van der Waals surface area (Å²) in [6.07, 6.45) is 0. The smallest absolute Gasteiger partial charge is 0.246 e. The van der Waals surface area contributed by atoms with E-state index in [1.54, 1.807) is 0 Å². The van der Waals surface area contributed by atoms with E-state index >= 15 is 0 Å². The number of ether oxygens (including phenoxy) is 3. The topological polar surface area (TPSA) is 39.7 Å². The van der Waals surface area contributed by atoms with Gasteiger partial charge in [-0.15, -0.1) is 0 Å². The molecule has 0 fully saturated rings. The molecule has 1 N–H and O–H groups in total. The monoisotopic (exact) mass is 221 g/mol. The Balaban J connectivity index is 2.01. The van der Waals surface area contributed by atoms with Crippen molar-refractivity contribution in [1.82, 2.24) is 5.32 Å². The molecule has 0 saturated carbocycles. The Morgan fingerprint density at radius 2 is 1.88 bits per heavy atom. The molecule has 2 aliphatic heterocycles. The van der Waals surface area contributed by atoms with Crippen LogP contribution in [-0.2, 0) is 6.54 Å². The summed E-state index contributed by atoms with van der Waals surface area (Å²) in [5.41, 5.74) is 1.12. The van der Waals surface area contributed by atoms with Gasteiger partial charge in [0.05, 0.1) is 0 Å². The van der Waals surface area contributed by atoms with Crippen molar-refractivity contribution in [3.8, 4) is 17.2 Å². The molecule has 0 spiro atoms. The average molecular weight is 221 g/mol. The van der Waals surface area contributed by atoms with E-state index in [1.807, 2.05) is 26.0 Å². The molecule has 0 amide bonds. The normalized spacial score (nSPS) is 20.9. The summed E-state index contributed by atoms with van der Waals surface area (Å²) in [7, 11) is 0. The molecule has 2 heterocycles. The quantitative estimate of drug-likeness (QED) is 0.723. The lowest BCUT2D eigenvalue weighted by Crippen LogP contribution is -2.29. The molecule has 1 aromatic rings. The van der Waals surface area contributed by atoms with Gasteiger partial charge < -0.3 is 19.5 Å². The van der Waals surface area contributed by atoms with Gasteiger partial charge in [0.25, 0.3) is 0 Å². The Morgan fingerprint density at radius 1 is 1.12 bits per heavy atom. The van der Waals surface area contributed by atoms with Gasteiger partial charge in [-0.05, 0) is 6.07 Å². The molecule has 16 heavy (non-hydrogen) atoms. The van der Waals surface area contributed by atoms with E-state index in [-0.39, 0.29) is 0 Å². The van der Waals surface area contributed by atoms with E-state index in [4.69, 9.17) is 14.2 Å². The number of fused-ring (bicyclic) bond motifs is 2. The van der Waals surface area contributed by atoms with Crippen LogP contribution in [0.5, 0.6) is 17.2 Å². The van der Waals surface area contributed by atoms with E-state index in [1.165, 1.54) is 0 Å². The highest BCUT2D eigenvalue weighted by atomic mass is 16.7. The van der Waals surface area contributed by atoms with Crippen molar-refractivity contribution in [2.24, 2.45) is 0 Å². The fourth-order valence-corrected chi connectivity index (χ4v) is 2.02. The molecule has 0 aromatic heterocycles. The van der Waals surface area contributed by atoms with Crippen molar-refractivity contribution in [1.29, 1.82) is 0 Å². The lowest BCUT2D eigenvalue weighted by Gasteiger charge is -2.16. The van der Waals surface area contributed by atoms with Gasteiger partial charge in [0.15, 0.2) is 11.5 Å². The Hall–Kier alpha value is -1.42. The Labute approximate surface area is 94.5 Å². The average Bonchev–Trinajstić information content (AvgIpc) is 2.39. The van der Waals surface area contributed by atoms with Crippen LogP contribution in [0.3, 0.4) is 0 Å². The number of benzene rings is 1. The van der Waals surface area contributed by atoms with Crippen molar-refractivity contribution >= 4 is 0 Å². The molecular weight excluding hydrogens is 206 g/mol. The van der Waals surface area contributed by atoms with Gasteiger partial charge in [-0.3, -0.25) is 0 Å². The van der Waals surface area contributed by atoms with Crippen LogP contribution < -0.4 is 19.5 Å². The fraction of sp³-hybridized carbons (Fsp3) is 0.500. The van der Waals surface area contributed by atoms with Gasteiger partial charge >= 0.3 is 0 Å². The van der Waals surface area contributed by atoms with Crippen LogP contribution in [0.2, 0.25) is 0 Å². The summed E-state index contributed by atoms with van der Waals surface area (Å²) in [5.74, 6) is 1.89. The first-order valence-electron chi connectivity index (χ1n) is 5.52. The molecule has 4 nitrogen and oxygen atoms in total. The zero-order valence-corrected chi connectivity index (χ0v) is 9.50. The molecule has 4 heteroatoms. The predicted octanol–water partition coefficient (Wildman–Crippen LogP) is 1.68. The molecule has 3 rings (SSSR count). The Bertz CT molecular complexity index is 392. The van der Waals surface area contributed by atoms with Gasteiger partial charge in [0.2, 0.25) is 5.79 Å². The highest BCUT2D eigenvalue weighted by Gasteiger charge is 2.33. The molecular formula is C12H15NO3. The second-order valence-corrected chi connectivity index (χ2v) is 4.54. The van der Waals surface area contributed by atoms with E-state index in [9.17, 15) is 0 Å².